The Morgan fingerprint density at radius 2 is 1.93 bits per heavy atom. The highest BCUT2D eigenvalue weighted by molar-refractivity contribution is 7.99. The van der Waals surface area contributed by atoms with Crippen molar-refractivity contribution in [2.75, 3.05) is 13.4 Å². The zero-order valence-corrected chi connectivity index (χ0v) is 10.9. The molecule has 0 amide bonds. The van der Waals surface area contributed by atoms with Crippen LogP contribution in [0.5, 0.6) is 0 Å². The Hall–Kier alpha value is -0.0200. The predicted molar refractivity (Wildman–Crippen MR) is 62.9 cm³/mol. The number of thioether (sulfide) groups is 1. The number of hydrogen-bond donors (Lipinski definition) is 0. The number of ether oxygens (including phenoxy) is 1. The van der Waals surface area contributed by atoms with Gasteiger partial charge in [-0.25, -0.2) is 0 Å². The lowest BCUT2D eigenvalue weighted by Gasteiger charge is -2.24. The van der Waals surface area contributed by atoms with E-state index in [2.05, 4.69) is 6.92 Å². The van der Waals surface area contributed by atoms with E-state index in [1.165, 1.54) is 0 Å². The summed E-state index contributed by atoms with van der Waals surface area (Å²) in [5.74, 6) is 0.269. The van der Waals surface area contributed by atoms with Gasteiger partial charge >= 0.3 is 0 Å². The Bertz CT molecular complexity index is 184. The van der Waals surface area contributed by atoms with E-state index in [4.69, 9.17) is 4.74 Å². The van der Waals surface area contributed by atoms with Gasteiger partial charge in [-0.05, 0) is 6.26 Å². The first-order valence-electron chi connectivity index (χ1n) is 4.91. The molecule has 0 aliphatic carbocycles. The van der Waals surface area contributed by atoms with Gasteiger partial charge in [-0.15, -0.1) is 0 Å². The van der Waals surface area contributed by atoms with Gasteiger partial charge in [0.25, 0.3) is 0 Å². The van der Waals surface area contributed by atoms with Gasteiger partial charge < -0.3 is 4.74 Å². The quantitative estimate of drug-likeness (QED) is 0.710. The van der Waals surface area contributed by atoms with Gasteiger partial charge in [-0.3, -0.25) is 4.79 Å². The molecule has 2 atom stereocenters. The number of hydrogen-bond acceptors (Lipinski definition) is 3. The van der Waals surface area contributed by atoms with Crippen LogP contribution in [-0.4, -0.2) is 30.5 Å². The standard InChI is InChI=1S/C11H22O2S/c1-8(14-6)9(13-5)7-10(12)11(2,3)4/h8-9H,7H2,1-6H3/t8-,9+/m1/s1. The second-order valence-electron chi connectivity index (χ2n) is 4.59. The van der Waals surface area contributed by atoms with E-state index in [9.17, 15) is 4.79 Å². The van der Waals surface area contributed by atoms with Gasteiger partial charge in [0.1, 0.15) is 5.78 Å². The van der Waals surface area contributed by atoms with E-state index in [0.29, 0.717) is 11.7 Å². The van der Waals surface area contributed by atoms with E-state index in [1.807, 2.05) is 27.0 Å². The Kier molecular flexibility index (Phi) is 5.75. The van der Waals surface area contributed by atoms with Crippen LogP contribution in [0.15, 0.2) is 0 Å². The van der Waals surface area contributed by atoms with Crippen molar-refractivity contribution in [3.05, 3.63) is 0 Å². The van der Waals surface area contributed by atoms with Gasteiger partial charge in [-0.2, -0.15) is 11.8 Å². The monoisotopic (exact) mass is 218 g/mol. The summed E-state index contributed by atoms with van der Waals surface area (Å²) in [4.78, 5) is 11.8. The Morgan fingerprint density at radius 1 is 1.43 bits per heavy atom. The molecule has 0 heterocycles. The van der Waals surface area contributed by atoms with Gasteiger partial charge in [0.05, 0.1) is 6.10 Å². The first-order chi connectivity index (χ1) is 6.32. The Balaban J connectivity index is 4.26. The summed E-state index contributed by atoms with van der Waals surface area (Å²) in [5, 5.41) is 0.367. The zero-order valence-electron chi connectivity index (χ0n) is 10.1. The lowest BCUT2D eigenvalue weighted by molar-refractivity contribution is -0.128. The molecule has 0 aromatic heterocycles. The van der Waals surface area contributed by atoms with Crippen LogP contribution in [0.2, 0.25) is 0 Å². The van der Waals surface area contributed by atoms with Crippen LogP contribution in [0.25, 0.3) is 0 Å². The molecule has 2 nitrogen and oxygen atoms in total. The molecular weight excluding hydrogens is 196 g/mol. The van der Waals surface area contributed by atoms with Crippen molar-refractivity contribution in [2.45, 2.75) is 45.5 Å². The number of methoxy groups -OCH3 is 1. The molecule has 0 saturated carbocycles. The summed E-state index contributed by atoms with van der Waals surface area (Å²) in [6.07, 6.45) is 2.59. The lowest BCUT2D eigenvalue weighted by atomic mass is 9.87. The van der Waals surface area contributed by atoms with E-state index in [0.717, 1.165) is 0 Å². The molecule has 0 fully saturated rings. The third-order valence-corrected chi connectivity index (χ3v) is 3.47. The van der Waals surface area contributed by atoms with Crippen LogP contribution >= 0.6 is 11.8 Å². The lowest BCUT2D eigenvalue weighted by Crippen LogP contribution is -2.31. The summed E-state index contributed by atoms with van der Waals surface area (Å²) in [6.45, 7) is 7.94. The molecule has 0 saturated heterocycles. The highest BCUT2D eigenvalue weighted by atomic mass is 32.2. The Morgan fingerprint density at radius 3 is 2.21 bits per heavy atom. The van der Waals surface area contributed by atoms with E-state index >= 15 is 0 Å². The summed E-state index contributed by atoms with van der Waals surface area (Å²) in [6, 6.07) is 0. The zero-order chi connectivity index (χ0) is 11.4. The molecule has 14 heavy (non-hydrogen) atoms. The molecule has 0 N–H and O–H groups in total. The van der Waals surface area contributed by atoms with Crippen LogP contribution in [-0.2, 0) is 9.53 Å². The van der Waals surface area contributed by atoms with Gasteiger partial charge in [0.2, 0.25) is 0 Å². The third kappa shape index (κ3) is 4.47. The highest BCUT2D eigenvalue weighted by Gasteiger charge is 2.26. The fourth-order valence-corrected chi connectivity index (χ4v) is 1.59. The summed E-state index contributed by atoms with van der Waals surface area (Å²) in [5.41, 5.74) is -0.255. The number of Topliss-reactive ketones (excluding diaryl/α,β-unsaturated/α-hetero) is 1. The number of rotatable bonds is 5. The van der Waals surface area contributed by atoms with Crippen molar-refractivity contribution < 1.29 is 9.53 Å². The van der Waals surface area contributed by atoms with Crippen LogP contribution in [0.3, 0.4) is 0 Å². The average Bonchev–Trinajstić information content (AvgIpc) is 2.10. The summed E-state index contributed by atoms with van der Waals surface area (Å²) < 4.78 is 5.33. The van der Waals surface area contributed by atoms with Crippen molar-refractivity contribution in [1.82, 2.24) is 0 Å². The number of carbonyl (C=O) groups excluding carboxylic acids is 1. The molecule has 0 aliphatic heterocycles. The minimum Gasteiger partial charge on any atom is -0.380 e. The number of carbonyl (C=O) groups is 1. The molecule has 0 bridgehead atoms. The van der Waals surface area contributed by atoms with Crippen molar-refractivity contribution in [1.29, 1.82) is 0 Å². The summed E-state index contributed by atoms with van der Waals surface area (Å²) in [7, 11) is 1.67. The molecular formula is C11H22O2S. The van der Waals surface area contributed by atoms with Gasteiger partial charge in [0, 0.05) is 24.2 Å². The maximum atomic E-state index is 11.8. The van der Waals surface area contributed by atoms with E-state index < -0.39 is 0 Å². The first kappa shape index (κ1) is 14.0. The minimum absolute atomic E-state index is 0.0386. The predicted octanol–water partition coefficient (Wildman–Crippen LogP) is 2.76. The van der Waals surface area contributed by atoms with Crippen LogP contribution in [0.1, 0.15) is 34.1 Å². The van der Waals surface area contributed by atoms with Crippen molar-refractivity contribution in [2.24, 2.45) is 5.41 Å². The normalized spacial score (nSPS) is 16.4. The molecule has 0 rings (SSSR count). The maximum Gasteiger partial charge on any atom is 0.140 e. The number of ketones is 1. The topological polar surface area (TPSA) is 26.3 Å². The average molecular weight is 218 g/mol. The van der Waals surface area contributed by atoms with Gasteiger partial charge in [-0.1, -0.05) is 27.7 Å². The van der Waals surface area contributed by atoms with Crippen molar-refractivity contribution in [3.63, 3.8) is 0 Å². The maximum absolute atomic E-state index is 11.8. The van der Waals surface area contributed by atoms with E-state index in [-0.39, 0.29) is 17.3 Å². The van der Waals surface area contributed by atoms with Crippen LogP contribution in [0, 0.1) is 5.41 Å². The fourth-order valence-electron chi connectivity index (χ4n) is 1.08. The van der Waals surface area contributed by atoms with Crippen LogP contribution < -0.4 is 0 Å². The highest BCUT2D eigenvalue weighted by Crippen LogP contribution is 2.22. The van der Waals surface area contributed by atoms with Gasteiger partial charge in [0.15, 0.2) is 0 Å². The van der Waals surface area contributed by atoms with Crippen molar-refractivity contribution >= 4 is 17.5 Å². The second kappa shape index (κ2) is 5.76. The van der Waals surface area contributed by atoms with Crippen LogP contribution in [0.4, 0.5) is 0 Å². The molecule has 0 aromatic carbocycles. The summed E-state index contributed by atoms with van der Waals surface area (Å²) >= 11 is 1.73. The van der Waals surface area contributed by atoms with E-state index in [1.54, 1.807) is 18.9 Å². The Labute approximate surface area is 91.8 Å². The molecule has 84 valence electrons. The third-order valence-electron chi connectivity index (χ3n) is 2.42. The molecule has 0 spiro atoms. The first-order valence-corrected chi connectivity index (χ1v) is 6.20. The smallest absolute Gasteiger partial charge is 0.140 e. The van der Waals surface area contributed by atoms with Crippen molar-refractivity contribution in [3.8, 4) is 0 Å². The minimum atomic E-state index is -0.255. The molecule has 0 aliphatic rings. The molecule has 3 heteroatoms. The fraction of sp³-hybridized carbons (Fsp3) is 0.909. The molecule has 0 aromatic rings. The largest absolute Gasteiger partial charge is 0.380 e. The second-order valence-corrected chi connectivity index (χ2v) is 5.81. The SMILES string of the molecule is CO[C@@H](CC(=O)C(C)(C)C)[C@@H](C)SC. The molecule has 0 radical (unpaired) electrons. The molecule has 0 unspecified atom stereocenters.